The number of hydrogen-bond acceptors (Lipinski definition) is 7. The van der Waals surface area contributed by atoms with Crippen LogP contribution in [0.4, 0.5) is 5.82 Å². The second kappa shape index (κ2) is 8.04. The number of sulfonamides is 1. The van der Waals surface area contributed by atoms with Gasteiger partial charge >= 0.3 is 0 Å². The fraction of sp³-hybridized carbons (Fsp3) is 0.350. The van der Waals surface area contributed by atoms with Gasteiger partial charge in [-0.05, 0) is 49.7 Å². The third-order valence-electron chi connectivity index (χ3n) is 5.09. The molecule has 1 saturated heterocycles. The molecule has 30 heavy (non-hydrogen) atoms. The van der Waals surface area contributed by atoms with Gasteiger partial charge < -0.3 is 9.64 Å². The van der Waals surface area contributed by atoms with Crippen LogP contribution in [0.3, 0.4) is 0 Å². The van der Waals surface area contributed by atoms with Gasteiger partial charge in [0, 0.05) is 32.4 Å². The Morgan fingerprint density at radius 2 is 1.63 bits per heavy atom. The van der Waals surface area contributed by atoms with Crippen LogP contribution in [0.15, 0.2) is 47.5 Å². The highest BCUT2D eigenvalue weighted by molar-refractivity contribution is 7.89. The monoisotopic (exact) mass is 428 g/mol. The minimum absolute atomic E-state index is 0.206. The Morgan fingerprint density at radius 1 is 0.933 bits per heavy atom. The van der Waals surface area contributed by atoms with Crippen molar-refractivity contribution in [1.29, 1.82) is 0 Å². The van der Waals surface area contributed by atoms with Gasteiger partial charge in [-0.15, -0.1) is 10.2 Å². The number of nitrogens with zero attached hydrogens (tertiary/aromatic N) is 6. The van der Waals surface area contributed by atoms with Crippen LogP contribution in [0.1, 0.15) is 11.3 Å². The highest BCUT2D eigenvalue weighted by Gasteiger charge is 2.31. The van der Waals surface area contributed by atoms with Crippen molar-refractivity contribution in [2.75, 3.05) is 38.2 Å². The average Bonchev–Trinajstić information content (AvgIpc) is 3.20. The van der Waals surface area contributed by atoms with Crippen molar-refractivity contribution in [3.8, 4) is 11.6 Å². The number of ether oxygens (including phenoxy) is 1. The summed E-state index contributed by atoms with van der Waals surface area (Å²) in [7, 11) is -2.16. The van der Waals surface area contributed by atoms with E-state index in [0.717, 1.165) is 11.3 Å². The third-order valence-corrected chi connectivity index (χ3v) is 7.01. The lowest BCUT2D eigenvalue weighted by molar-refractivity contribution is 0.373. The first kappa shape index (κ1) is 20.3. The molecule has 0 unspecified atom stereocenters. The second-order valence-electron chi connectivity index (χ2n) is 7.20. The van der Waals surface area contributed by atoms with Crippen LogP contribution in [0, 0.1) is 13.8 Å². The Kier molecular flexibility index (Phi) is 5.44. The molecule has 158 valence electrons. The van der Waals surface area contributed by atoms with Gasteiger partial charge in [0.25, 0.3) is 0 Å². The zero-order valence-corrected chi connectivity index (χ0v) is 18.0. The summed E-state index contributed by atoms with van der Waals surface area (Å²) < 4.78 is 34.8. The highest BCUT2D eigenvalue weighted by atomic mass is 32.2. The zero-order chi connectivity index (χ0) is 21.3. The minimum Gasteiger partial charge on any atom is -0.495 e. The first-order valence-electron chi connectivity index (χ1n) is 9.64. The molecule has 1 fully saturated rings. The zero-order valence-electron chi connectivity index (χ0n) is 17.2. The number of aromatic nitrogens is 4. The van der Waals surface area contributed by atoms with E-state index in [0.29, 0.717) is 43.6 Å². The van der Waals surface area contributed by atoms with Crippen molar-refractivity contribution in [2.24, 2.45) is 0 Å². The summed E-state index contributed by atoms with van der Waals surface area (Å²) in [6, 6.07) is 10.8. The molecule has 0 radical (unpaired) electrons. The molecule has 2 aromatic heterocycles. The van der Waals surface area contributed by atoms with Crippen LogP contribution in [0.25, 0.3) is 5.82 Å². The van der Waals surface area contributed by atoms with E-state index in [1.807, 2.05) is 49.2 Å². The number of aryl methyl sites for hydroxylation is 2. The lowest BCUT2D eigenvalue weighted by atomic mass is 10.2. The quantitative estimate of drug-likeness (QED) is 0.612. The van der Waals surface area contributed by atoms with Crippen LogP contribution in [-0.4, -0.2) is 66.0 Å². The number of anilines is 1. The number of methoxy groups -OCH3 is 1. The Hall–Kier alpha value is -2.98. The smallest absolute Gasteiger partial charge is 0.246 e. The van der Waals surface area contributed by atoms with Gasteiger partial charge in [-0.3, -0.25) is 0 Å². The van der Waals surface area contributed by atoms with E-state index in [-0.39, 0.29) is 4.90 Å². The van der Waals surface area contributed by atoms with Crippen LogP contribution in [0.2, 0.25) is 0 Å². The number of piperazine rings is 1. The summed E-state index contributed by atoms with van der Waals surface area (Å²) >= 11 is 0. The molecule has 3 heterocycles. The Balaban J connectivity index is 1.47. The van der Waals surface area contributed by atoms with E-state index in [4.69, 9.17) is 4.74 Å². The largest absolute Gasteiger partial charge is 0.495 e. The lowest BCUT2D eigenvalue weighted by Crippen LogP contribution is -2.49. The predicted molar refractivity (Wildman–Crippen MR) is 113 cm³/mol. The molecule has 3 aromatic rings. The van der Waals surface area contributed by atoms with E-state index in [1.54, 1.807) is 16.8 Å². The topological polar surface area (TPSA) is 93.5 Å². The first-order chi connectivity index (χ1) is 14.4. The molecule has 10 heteroatoms. The van der Waals surface area contributed by atoms with Crippen LogP contribution < -0.4 is 9.64 Å². The van der Waals surface area contributed by atoms with Gasteiger partial charge in [0.1, 0.15) is 10.6 Å². The van der Waals surface area contributed by atoms with Gasteiger partial charge in [0.2, 0.25) is 10.0 Å². The van der Waals surface area contributed by atoms with E-state index < -0.39 is 10.0 Å². The molecule has 9 nitrogen and oxygen atoms in total. The van der Waals surface area contributed by atoms with Crippen LogP contribution in [0.5, 0.6) is 5.75 Å². The SMILES string of the molecule is COc1ccc(C)cc1S(=O)(=O)N1CCN(c2ccc(-n3ccc(C)n3)nn2)CC1. The molecule has 0 atom stereocenters. The van der Waals surface area contributed by atoms with E-state index in [1.165, 1.54) is 11.4 Å². The van der Waals surface area contributed by atoms with Crippen molar-refractivity contribution in [1.82, 2.24) is 24.3 Å². The predicted octanol–water partition coefficient (Wildman–Crippen LogP) is 1.80. The molecule has 1 aromatic carbocycles. The molecule has 0 spiro atoms. The molecular formula is C20H24N6O3S. The minimum atomic E-state index is -3.64. The summed E-state index contributed by atoms with van der Waals surface area (Å²) in [4.78, 5) is 2.24. The molecule has 0 bridgehead atoms. The summed E-state index contributed by atoms with van der Waals surface area (Å²) in [5, 5.41) is 12.9. The van der Waals surface area contributed by atoms with Gasteiger partial charge in [-0.25, -0.2) is 13.1 Å². The van der Waals surface area contributed by atoms with Crippen LogP contribution in [-0.2, 0) is 10.0 Å². The van der Waals surface area contributed by atoms with E-state index in [9.17, 15) is 8.42 Å². The number of hydrogen-bond donors (Lipinski definition) is 0. The van der Waals surface area contributed by atoms with Gasteiger partial charge in [0.15, 0.2) is 11.6 Å². The van der Waals surface area contributed by atoms with Crippen molar-refractivity contribution in [3.05, 3.63) is 53.9 Å². The Morgan fingerprint density at radius 3 is 2.23 bits per heavy atom. The summed E-state index contributed by atoms with van der Waals surface area (Å²) in [6.45, 7) is 5.56. The molecule has 1 aliphatic heterocycles. The summed E-state index contributed by atoms with van der Waals surface area (Å²) in [6.07, 6.45) is 1.84. The fourth-order valence-electron chi connectivity index (χ4n) is 3.43. The summed E-state index contributed by atoms with van der Waals surface area (Å²) in [5.74, 6) is 1.71. The maximum atomic E-state index is 13.2. The average molecular weight is 429 g/mol. The normalized spacial score (nSPS) is 15.4. The molecule has 0 aliphatic carbocycles. The molecule has 1 aliphatic rings. The molecule has 0 amide bonds. The second-order valence-corrected chi connectivity index (χ2v) is 9.10. The fourth-order valence-corrected chi connectivity index (χ4v) is 5.10. The first-order valence-corrected chi connectivity index (χ1v) is 11.1. The van der Waals surface area contributed by atoms with Crippen molar-refractivity contribution in [2.45, 2.75) is 18.7 Å². The van der Waals surface area contributed by atoms with Crippen molar-refractivity contribution in [3.63, 3.8) is 0 Å². The number of rotatable bonds is 5. The standard InChI is InChI=1S/C20H24N6O3S/c1-15-4-5-17(29-3)18(14-15)30(27,28)25-12-10-24(11-13-25)19-6-7-20(22-21-19)26-9-8-16(2)23-26/h4-9,14H,10-13H2,1-3H3. The van der Waals surface area contributed by atoms with Gasteiger partial charge in [0.05, 0.1) is 12.8 Å². The molecular weight excluding hydrogens is 404 g/mol. The molecule has 0 N–H and O–H groups in total. The highest BCUT2D eigenvalue weighted by Crippen LogP contribution is 2.28. The van der Waals surface area contributed by atoms with E-state index >= 15 is 0 Å². The Bertz CT molecular complexity index is 1140. The number of benzene rings is 1. The van der Waals surface area contributed by atoms with Crippen molar-refractivity contribution < 1.29 is 13.2 Å². The lowest BCUT2D eigenvalue weighted by Gasteiger charge is -2.34. The van der Waals surface area contributed by atoms with E-state index in [2.05, 4.69) is 15.3 Å². The molecule has 4 rings (SSSR count). The maximum absolute atomic E-state index is 13.2. The van der Waals surface area contributed by atoms with Crippen LogP contribution >= 0.6 is 0 Å². The van der Waals surface area contributed by atoms with Crippen molar-refractivity contribution >= 4 is 15.8 Å². The maximum Gasteiger partial charge on any atom is 0.246 e. The summed E-state index contributed by atoms with van der Waals surface area (Å²) in [5.41, 5.74) is 1.78. The van der Waals surface area contributed by atoms with Gasteiger partial charge in [-0.2, -0.15) is 9.40 Å². The van der Waals surface area contributed by atoms with Gasteiger partial charge in [-0.1, -0.05) is 6.07 Å². The third kappa shape index (κ3) is 3.88. The Labute approximate surface area is 176 Å². The molecule has 0 saturated carbocycles.